The quantitative estimate of drug-likeness (QED) is 0.800. The smallest absolute Gasteiger partial charge is 0.177 e. The Morgan fingerprint density at radius 2 is 1.90 bits per heavy atom. The number of nitrogens with zero attached hydrogens (tertiary/aromatic N) is 2. The summed E-state index contributed by atoms with van der Waals surface area (Å²) in [7, 11) is 3.27. The predicted molar refractivity (Wildman–Crippen MR) is 81.0 cm³/mol. The summed E-state index contributed by atoms with van der Waals surface area (Å²) >= 11 is 0. The highest BCUT2D eigenvalue weighted by molar-refractivity contribution is 5.74. The molecular formula is C16H17N3O2. The summed E-state index contributed by atoms with van der Waals surface area (Å²) in [5, 5.41) is 0. The van der Waals surface area contributed by atoms with Gasteiger partial charge in [-0.2, -0.15) is 0 Å². The second-order valence-electron chi connectivity index (χ2n) is 4.88. The van der Waals surface area contributed by atoms with Gasteiger partial charge in [-0.05, 0) is 36.2 Å². The highest BCUT2D eigenvalue weighted by Crippen LogP contribution is 2.28. The van der Waals surface area contributed by atoms with E-state index in [0.29, 0.717) is 6.42 Å². The second-order valence-corrected chi connectivity index (χ2v) is 4.88. The van der Waals surface area contributed by atoms with E-state index in [9.17, 15) is 0 Å². The number of methoxy groups -OCH3 is 2. The molecule has 3 rings (SSSR count). The van der Waals surface area contributed by atoms with E-state index >= 15 is 0 Å². The largest absolute Gasteiger partial charge is 0.493 e. The molecule has 0 fully saturated rings. The molecule has 2 aromatic heterocycles. The Kier molecular flexibility index (Phi) is 3.48. The number of benzene rings is 1. The van der Waals surface area contributed by atoms with E-state index in [2.05, 4.69) is 15.0 Å². The highest BCUT2D eigenvalue weighted by atomic mass is 16.5. The highest BCUT2D eigenvalue weighted by Gasteiger charge is 2.09. The number of rotatable bonds is 4. The molecule has 0 aliphatic rings. The molecule has 21 heavy (non-hydrogen) atoms. The molecule has 0 saturated heterocycles. The van der Waals surface area contributed by atoms with Gasteiger partial charge >= 0.3 is 0 Å². The van der Waals surface area contributed by atoms with Gasteiger partial charge in [0.05, 0.1) is 19.7 Å². The number of aryl methyl sites for hydroxylation is 1. The summed E-state index contributed by atoms with van der Waals surface area (Å²) < 4.78 is 10.6. The summed E-state index contributed by atoms with van der Waals surface area (Å²) in [6.45, 7) is 2.04. The molecule has 0 radical (unpaired) electrons. The number of imidazole rings is 1. The molecule has 0 unspecified atom stereocenters. The van der Waals surface area contributed by atoms with Gasteiger partial charge in [-0.15, -0.1) is 0 Å². The summed E-state index contributed by atoms with van der Waals surface area (Å²) in [5.41, 5.74) is 3.99. The van der Waals surface area contributed by atoms with Crippen molar-refractivity contribution in [3.05, 3.63) is 47.4 Å². The van der Waals surface area contributed by atoms with Crippen LogP contribution in [0.25, 0.3) is 11.2 Å². The average Bonchev–Trinajstić information content (AvgIpc) is 2.91. The molecule has 0 saturated carbocycles. The molecule has 0 aliphatic heterocycles. The first-order chi connectivity index (χ1) is 10.2. The number of ether oxygens (including phenoxy) is 2. The van der Waals surface area contributed by atoms with Gasteiger partial charge in [-0.25, -0.2) is 9.97 Å². The van der Waals surface area contributed by atoms with Crippen LogP contribution < -0.4 is 9.47 Å². The zero-order valence-electron chi connectivity index (χ0n) is 12.3. The lowest BCUT2D eigenvalue weighted by Crippen LogP contribution is -1.95. The Labute approximate surface area is 123 Å². The number of hydrogen-bond donors (Lipinski definition) is 1. The predicted octanol–water partition coefficient (Wildman–Crippen LogP) is 2.87. The van der Waals surface area contributed by atoms with Crippen molar-refractivity contribution >= 4 is 11.2 Å². The van der Waals surface area contributed by atoms with Gasteiger partial charge in [0.25, 0.3) is 0 Å². The number of pyridine rings is 1. The van der Waals surface area contributed by atoms with Crippen LogP contribution in [0, 0.1) is 6.92 Å². The van der Waals surface area contributed by atoms with E-state index in [1.165, 1.54) is 0 Å². The van der Waals surface area contributed by atoms with Gasteiger partial charge in [0.1, 0.15) is 5.82 Å². The van der Waals surface area contributed by atoms with Crippen molar-refractivity contribution in [2.24, 2.45) is 0 Å². The van der Waals surface area contributed by atoms with Crippen LogP contribution >= 0.6 is 0 Å². The molecule has 0 spiro atoms. The summed E-state index contributed by atoms with van der Waals surface area (Å²) in [4.78, 5) is 12.1. The normalized spacial score (nSPS) is 10.8. The Hall–Kier alpha value is -2.56. The fourth-order valence-corrected chi connectivity index (χ4v) is 2.35. The van der Waals surface area contributed by atoms with Crippen molar-refractivity contribution in [3.8, 4) is 11.5 Å². The van der Waals surface area contributed by atoms with E-state index in [4.69, 9.17) is 9.47 Å². The van der Waals surface area contributed by atoms with Crippen molar-refractivity contribution in [1.29, 1.82) is 0 Å². The Morgan fingerprint density at radius 3 is 2.62 bits per heavy atom. The molecule has 0 amide bonds. The second kappa shape index (κ2) is 5.44. The molecule has 1 aromatic carbocycles. The minimum Gasteiger partial charge on any atom is -0.493 e. The fraction of sp³-hybridized carbons (Fsp3) is 0.250. The van der Waals surface area contributed by atoms with Gasteiger partial charge in [0.2, 0.25) is 0 Å². The van der Waals surface area contributed by atoms with Crippen molar-refractivity contribution in [2.75, 3.05) is 14.2 Å². The van der Waals surface area contributed by atoms with Crippen LogP contribution in [0.1, 0.15) is 17.0 Å². The van der Waals surface area contributed by atoms with Crippen LogP contribution in [0.2, 0.25) is 0 Å². The first-order valence-corrected chi connectivity index (χ1v) is 6.72. The van der Waals surface area contributed by atoms with E-state index in [-0.39, 0.29) is 0 Å². The van der Waals surface area contributed by atoms with Crippen LogP contribution in [-0.4, -0.2) is 29.2 Å². The van der Waals surface area contributed by atoms with E-state index in [1.54, 1.807) is 20.4 Å². The maximum absolute atomic E-state index is 5.32. The van der Waals surface area contributed by atoms with Crippen molar-refractivity contribution < 1.29 is 9.47 Å². The minimum absolute atomic E-state index is 0.691. The molecule has 0 aliphatic carbocycles. The van der Waals surface area contributed by atoms with Gasteiger partial charge in [0, 0.05) is 12.6 Å². The topological polar surface area (TPSA) is 60.0 Å². The van der Waals surface area contributed by atoms with Crippen molar-refractivity contribution in [3.63, 3.8) is 0 Å². The van der Waals surface area contributed by atoms with Crippen molar-refractivity contribution in [2.45, 2.75) is 13.3 Å². The summed E-state index contributed by atoms with van der Waals surface area (Å²) in [6.07, 6.45) is 2.47. The zero-order chi connectivity index (χ0) is 14.8. The van der Waals surface area contributed by atoms with Gasteiger partial charge in [-0.3, -0.25) is 0 Å². The van der Waals surface area contributed by atoms with Gasteiger partial charge in [-0.1, -0.05) is 6.07 Å². The number of fused-ring (bicyclic) bond motifs is 1. The Balaban J connectivity index is 1.93. The van der Waals surface area contributed by atoms with E-state index in [0.717, 1.165) is 39.6 Å². The molecule has 5 heteroatoms. The summed E-state index contributed by atoms with van der Waals surface area (Å²) in [5.74, 6) is 2.34. The third-order valence-electron chi connectivity index (χ3n) is 3.47. The third-order valence-corrected chi connectivity index (χ3v) is 3.47. The number of aromatic nitrogens is 3. The van der Waals surface area contributed by atoms with Gasteiger partial charge < -0.3 is 14.5 Å². The average molecular weight is 283 g/mol. The number of hydrogen-bond acceptors (Lipinski definition) is 4. The molecule has 1 N–H and O–H groups in total. The number of aromatic amines is 1. The lowest BCUT2D eigenvalue weighted by Gasteiger charge is -2.08. The molecule has 5 nitrogen and oxygen atoms in total. The maximum atomic E-state index is 5.32. The Morgan fingerprint density at radius 1 is 1.10 bits per heavy atom. The minimum atomic E-state index is 0.691. The SMILES string of the molecule is COc1ccc(Cc2nc3nccc(C)c3[nH]2)cc1OC. The zero-order valence-corrected chi connectivity index (χ0v) is 12.3. The summed E-state index contributed by atoms with van der Waals surface area (Å²) in [6, 6.07) is 7.85. The Bertz CT molecular complexity index is 780. The molecular weight excluding hydrogens is 266 g/mol. The van der Waals surface area contributed by atoms with Gasteiger partial charge in [0.15, 0.2) is 17.1 Å². The van der Waals surface area contributed by atoms with Crippen LogP contribution in [0.3, 0.4) is 0 Å². The van der Waals surface area contributed by atoms with Crippen LogP contribution in [-0.2, 0) is 6.42 Å². The van der Waals surface area contributed by atoms with Crippen LogP contribution in [0.5, 0.6) is 11.5 Å². The lowest BCUT2D eigenvalue weighted by molar-refractivity contribution is 0.354. The van der Waals surface area contributed by atoms with Crippen molar-refractivity contribution in [1.82, 2.24) is 15.0 Å². The maximum Gasteiger partial charge on any atom is 0.177 e. The molecule has 108 valence electrons. The molecule has 2 heterocycles. The monoisotopic (exact) mass is 283 g/mol. The third kappa shape index (κ3) is 2.54. The van der Waals surface area contributed by atoms with Crippen LogP contribution in [0.4, 0.5) is 0 Å². The van der Waals surface area contributed by atoms with E-state index < -0.39 is 0 Å². The molecule has 0 atom stereocenters. The fourth-order valence-electron chi connectivity index (χ4n) is 2.35. The van der Waals surface area contributed by atoms with Crippen LogP contribution in [0.15, 0.2) is 30.5 Å². The number of H-pyrrole nitrogens is 1. The first kappa shape index (κ1) is 13.4. The first-order valence-electron chi connectivity index (χ1n) is 6.72. The molecule has 3 aromatic rings. The number of nitrogens with one attached hydrogen (secondary N) is 1. The standard InChI is InChI=1S/C16H17N3O2/c1-10-6-7-17-16-15(10)18-14(19-16)9-11-4-5-12(20-2)13(8-11)21-3/h4-8H,9H2,1-3H3,(H,17,18,19). The lowest BCUT2D eigenvalue weighted by atomic mass is 10.1. The van der Waals surface area contributed by atoms with E-state index in [1.807, 2.05) is 31.2 Å². The molecule has 0 bridgehead atoms.